The smallest absolute Gasteiger partial charge is 0.195 e. The number of hydrogen-bond acceptors (Lipinski definition) is 4. The van der Waals surface area contributed by atoms with Crippen LogP contribution in [-0.2, 0) is 10.2 Å². The maximum absolute atomic E-state index is 13.3. The minimum atomic E-state index is -0.350. The highest BCUT2D eigenvalue weighted by Crippen LogP contribution is 2.44. The van der Waals surface area contributed by atoms with Gasteiger partial charge >= 0.3 is 0 Å². The van der Waals surface area contributed by atoms with Crippen LogP contribution in [0.25, 0.3) is 10.9 Å². The van der Waals surface area contributed by atoms with Crippen LogP contribution in [0.1, 0.15) is 46.6 Å². The lowest BCUT2D eigenvalue weighted by molar-refractivity contribution is 0.103. The van der Waals surface area contributed by atoms with Gasteiger partial charge in [-0.2, -0.15) is 0 Å². The lowest BCUT2D eigenvalue weighted by atomic mass is 9.71. The van der Waals surface area contributed by atoms with Gasteiger partial charge in [0.25, 0.3) is 0 Å². The van der Waals surface area contributed by atoms with E-state index in [2.05, 4.69) is 23.8 Å². The van der Waals surface area contributed by atoms with Gasteiger partial charge in [0, 0.05) is 47.9 Å². The van der Waals surface area contributed by atoms with Gasteiger partial charge in [-0.1, -0.05) is 26.0 Å². The van der Waals surface area contributed by atoms with E-state index in [1.165, 1.54) is 0 Å². The van der Waals surface area contributed by atoms with Crippen LogP contribution >= 0.6 is 0 Å². The lowest BCUT2D eigenvalue weighted by Crippen LogP contribution is -2.30. The predicted molar refractivity (Wildman–Crippen MR) is 111 cm³/mol. The Morgan fingerprint density at radius 1 is 1.14 bits per heavy atom. The normalized spacial score (nSPS) is 15.1. The van der Waals surface area contributed by atoms with Gasteiger partial charge in [0.05, 0.1) is 12.2 Å². The van der Waals surface area contributed by atoms with Crippen molar-refractivity contribution < 1.29 is 14.3 Å². The summed E-state index contributed by atoms with van der Waals surface area (Å²) >= 11 is 0. The molecule has 0 unspecified atom stereocenters. The van der Waals surface area contributed by atoms with Crippen molar-refractivity contribution >= 4 is 22.9 Å². The number of H-pyrrole nitrogens is 1. The van der Waals surface area contributed by atoms with Crippen LogP contribution in [0.3, 0.4) is 0 Å². The summed E-state index contributed by atoms with van der Waals surface area (Å²) in [5.41, 5.74) is 5.02. The number of aromatic amines is 1. The van der Waals surface area contributed by atoms with Crippen molar-refractivity contribution in [2.75, 3.05) is 27.4 Å². The summed E-state index contributed by atoms with van der Waals surface area (Å²) in [6.45, 7) is 5.28. The maximum Gasteiger partial charge on any atom is 0.195 e. The first kappa shape index (κ1) is 18.4. The number of ether oxygens (including phenoxy) is 2. The van der Waals surface area contributed by atoms with E-state index in [1.807, 2.05) is 42.6 Å². The quantitative estimate of drug-likeness (QED) is 0.538. The fourth-order valence-corrected chi connectivity index (χ4v) is 3.99. The molecule has 0 saturated heterocycles. The third-order valence-corrected chi connectivity index (χ3v) is 5.42. The standard InChI is InChI=1S/C23H24N2O3/c1-23(2)18-12-15(28-10-9-27-4)6-8-16(18)21(26)20-17-7-5-14(13-24-3)11-19(17)25-22(20)23/h5-8,11-13,25H,9-10H2,1-4H3/b24-13-. The van der Waals surface area contributed by atoms with Crippen LogP contribution in [0.4, 0.5) is 0 Å². The fourth-order valence-electron chi connectivity index (χ4n) is 3.99. The Morgan fingerprint density at radius 3 is 2.71 bits per heavy atom. The molecular weight excluding hydrogens is 352 g/mol. The largest absolute Gasteiger partial charge is 0.491 e. The molecule has 4 rings (SSSR count). The van der Waals surface area contributed by atoms with Crippen LogP contribution < -0.4 is 4.74 Å². The Morgan fingerprint density at radius 2 is 1.96 bits per heavy atom. The minimum absolute atomic E-state index is 0.0518. The predicted octanol–water partition coefficient (Wildman–Crippen LogP) is 4.11. The summed E-state index contributed by atoms with van der Waals surface area (Å²) in [5, 5.41) is 0.951. The zero-order valence-electron chi connectivity index (χ0n) is 16.6. The monoisotopic (exact) mass is 376 g/mol. The second-order valence-corrected chi connectivity index (χ2v) is 7.57. The molecule has 1 heterocycles. The first-order valence-corrected chi connectivity index (χ1v) is 9.36. The van der Waals surface area contributed by atoms with Gasteiger partial charge in [-0.25, -0.2) is 0 Å². The van der Waals surface area contributed by atoms with Gasteiger partial charge in [-0.3, -0.25) is 9.79 Å². The Kier molecular flexibility index (Phi) is 4.55. The average Bonchev–Trinajstić information content (AvgIpc) is 3.07. The van der Waals surface area contributed by atoms with E-state index in [0.717, 1.165) is 44.6 Å². The second-order valence-electron chi connectivity index (χ2n) is 7.57. The highest BCUT2D eigenvalue weighted by molar-refractivity contribution is 6.20. The number of carbonyl (C=O) groups excluding carboxylic acids is 1. The highest BCUT2D eigenvalue weighted by Gasteiger charge is 2.39. The number of nitrogens with zero attached hydrogens (tertiary/aromatic N) is 1. The highest BCUT2D eigenvalue weighted by atomic mass is 16.5. The van der Waals surface area contributed by atoms with E-state index in [0.29, 0.717) is 13.2 Å². The number of aromatic nitrogens is 1. The Balaban J connectivity index is 1.84. The van der Waals surface area contributed by atoms with Crippen molar-refractivity contribution in [2.24, 2.45) is 4.99 Å². The van der Waals surface area contributed by atoms with Crippen LogP contribution in [-0.4, -0.2) is 44.4 Å². The van der Waals surface area contributed by atoms with Crippen molar-refractivity contribution in [3.8, 4) is 5.75 Å². The van der Waals surface area contributed by atoms with Crippen molar-refractivity contribution in [1.29, 1.82) is 0 Å². The molecule has 0 aliphatic heterocycles. The summed E-state index contributed by atoms with van der Waals surface area (Å²) in [7, 11) is 3.40. The zero-order chi connectivity index (χ0) is 19.9. The van der Waals surface area contributed by atoms with Crippen LogP contribution in [0.2, 0.25) is 0 Å². The van der Waals surface area contributed by atoms with Gasteiger partial charge in [0.1, 0.15) is 12.4 Å². The van der Waals surface area contributed by atoms with Crippen molar-refractivity contribution in [3.05, 3.63) is 64.3 Å². The van der Waals surface area contributed by atoms with Gasteiger partial charge in [-0.05, 0) is 35.4 Å². The first-order valence-electron chi connectivity index (χ1n) is 9.36. The fraction of sp³-hybridized carbons (Fsp3) is 0.304. The van der Waals surface area contributed by atoms with E-state index in [-0.39, 0.29) is 11.2 Å². The molecule has 0 spiro atoms. The summed E-state index contributed by atoms with van der Waals surface area (Å²) in [4.78, 5) is 20.9. The molecule has 5 heteroatoms. The Bertz CT molecular complexity index is 1090. The minimum Gasteiger partial charge on any atom is -0.491 e. The van der Waals surface area contributed by atoms with Crippen molar-refractivity contribution in [3.63, 3.8) is 0 Å². The molecule has 0 radical (unpaired) electrons. The third kappa shape index (κ3) is 2.83. The molecule has 1 aliphatic carbocycles. The van der Waals surface area contributed by atoms with Gasteiger partial charge < -0.3 is 14.5 Å². The topological polar surface area (TPSA) is 63.7 Å². The summed E-state index contributed by atoms with van der Waals surface area (Å²) in [6.07, 6.45) is 1.81. The first-order chi connectivity index (χ1) is 13.5. The van der Waals surface area contributed by atoms with Gasteiger partial charge in [0.15, 0.2) is 5.78 Å². The molecule has 1 aromatic heterocycles. The zero-order valence-corrected chi connectivity index (χ0v) is 16.6. The number of carbonyl (C=O) groups is 1. The summed E-state index contributed by atoms with van der Waals surface area (Å²) in [5.74, 6) is 0.800. The molecule has 1 aliphatic rings. The number of hydrogen-bond donors (Lipinski definition) is 1. The third-order valence-electron chi connectivity index (χ3n) is 5.42. The van der Waals surface area contributed by atoms with E-state index >= 15 is 0 Å². The van der Waals surface area contributed by atoms with Crippen LogP contribution in [0.5, 0.6) is 5.75 Å². The molecule has 0 atom stereocenters. The number of methoxy groups -OCH3 is 1. The number of aliphatic imine (C=N–C) groups is 1. The van der Waals surface area contributed by atoms with E-state index in [9.17, 15) is 4.79 Å². The van der Waals surface area contributed by atoms with Crippen LogP contribution in [0.15, 0.2) is 41.4 Å². The molecule has 3 aromatic rings. The number of fused-ring (bicyclic) bond motifs is 4. The molecule has 0 bridgehead atoms. The molecular formula is C23H24N2O3. The van der Waals surface area contributed by atoms with E-state index in [1.54, 1.807) is 14.2 Å². The second kappa shape index (κ2) is 6.91. The SMILES string of the molecule is C/N=C\c1ccc2c3c([nH]c2c1)C(C)(C)c1cc(OCCOC)ccc1C3=O. The van der Waals surface area contributed by atoms with E-state index < -0.39 is 0 Å². The molecule has 2 aromatic carbocycles. The summed E-state index contributed by atoms with van der Waals surface area (Å²) < 4.78 is 10.8. The number of nitrogens with one attached hydrogen (secondary N) is 1. The molecule has 28 heavy (non-hydrogen) atoms. The Labute approximate surface area is 164 Å². The lowest BCUT2D eigenvalue weighted by Gasteiger charge is -2.32. The number of benzene rings is 2. The number of ketones is 1. The van der Waals surface area contributed by atoms with Gasteiger partial charge in [-0.15, -0.1) is 0 Å². The van der Waals surface area contributed by atoms with Gasteiger partial charge in [0.2, 0.25) is 0 Å². The number of rotatable bonds is 5. The maximum atomic E-state index is 13.3. The summed E-state index contributed by atoms with van der Waals surface area (Å²) in [6, 6.07) is 11.7. The molecule has 0 fully saturated rings. The molecule has 5 nitrogen and oxygen atoms in total. The van der Waals surface area contributed by atoms with E-state index in [4.69, 9.17) is 9.47 Å². The molecule has 0 saturated carbocycles. The van der Waals surface area contributed by atoms with Crippen molar-refractivity contribution in [1.82, 2.24) is 4.98 Å². The Hall–Kier alpha value is -2.92. The average molecular weight is 376 g/mol. The molecule has 0 amide bonds. The van der Waals surface area contributed by atoms with Crippen LogP contribution in [0, 0.1) is 0 Å². The molecule has 1 N–H and O–H groups in total. The van der Waals surface area contributed by atoms with Crippen molar-refractivity contribution in [2.45, 2.75) is 19.3 Å². The molecule has 144 valence electrons.